The maximum Gasteiger partial charge on any atom is 0.343 e. The Morgan fingerprint density at radius 2 is 1.86 bits per heavy atom. The molecule has 0 saturated carbocycles. The van der Waals surface area contributed by atoms with Crippen LogP contribution >= 0.6 is 0 Å². The van der Waals surface area contributed by atoms with Crippen molar-refractivity contribution in [3.05, 3.63) is 77.1 Å². The van der Waals surface area contributed by atoms with Crippen LogP contribution in [0.25, 0.3) is 11.8 Å². The van der Waals surface area contributed by atoms with Crippen LogP contribution in [0.5, 0.6) is 5.75 Å². The van der Waals surface area contributed by atoms with Crippen LogP contribution in [0.1, 0.15) is 11.1 Å². The molecule has 1 aliphatic rings. The number of rotatable bonds is 2. The molecule has 21 heavy (non-hydrogen) atoms. The second-order valence-corrected chi connectivity index (χ2v) is 4.60. The molecule has 0 unspecified atom stereocenters. The summed E-state index contributed by atoms with van der Waals surface area (Å²) in [7, 11) is 0. The zero-order valence-electron chi connectivity index (χ0n) is 10.9. The molecule has 2 aromatic rings. The van der Waals surface area contributed by atoms with E-state index in [0.29, 0.717) is 22.5 Å². The fraction of sp³-hybridized carbons (Fsp3) is 0. The molecule has 0 bridgehead atoms. The summed E-state index contributed by atoms with van der Waals surface area (Å²) in [5, 5.41) is 9.41. The molecule has 1 N–H and O–H groups in total. The standard InChI is InChI=1S/C17H11FO3/c18-14-6-4-12(5-7-14)16-10-13(17(20)21-16)8-11-2-1-3-15(19)9-11/h1-10,19H/b13-8-. The van der Waals surface area contributed by atoms with Crippen molar-refractivity contribution >= 4 is 17.8 Å². The van der Waals surface area contributed by atoms with Crippen molar-refractivity contribution in [2.75, 3.05) is 0 Å². The Labute approximate surface area is 120 Å². The molecule has 0 aromatic heterocycles. The van der Waals surface area contributed by atoms with Gasteiger partial charge in [0.15, 0.2) is 0 Å². The summed E-state index contributed by atoms with van der Waals surface area (Å²) < 4.78 is 18.1. The number of carbonyl (C=O) groups is 1. The molecular weight excluding hydrogens is 271 g/mol. The monoisotopic (exact) mass is 282 g/mol. The predicted molar refractivity (Wildman–Crippen MR) is 76.6 cm³/mol. The first-order chi connectivity index (χ1) is 10.1. The molecule has 2 aromatic carbocycles. The van der Waals surface area contributed by atoms with Gasteiger partial charge in [-0.15, -0.1) is 0 Å². The summed E-state index contributed by atoms with van der Waals surface area (Å²) in [6.07, 6.45) is 3.22. The van der Waals surface area contributed by atoms with Gasteiger partial charge in [0.25, 0.3) is 0 Å². The van der Waals surface area contributed by atoms with Gasteiger partial charge in [-0.2, -0.15) is 0 Å². The van der Waals surface area contributed by atoms with Gasteiger partial charge in [0.05, 0.1) is 5.57 Å². The molecule has 1 aliphatic heterocycles. The van der Waals surface area contributed by atoms with E-state index in [4.69, 9.17) is 4.74 Å². The van der Waals surface area contributed by atoms with Gasteiger partial charge in [-0.1, -0.05) is 12.1 Å². The van der Waals surface area contributed by atoms with E-state index < -0.39 is 5.97 Å². The van der Waals surface area contributed by atoms with Crippen LogP contribution in [0.2, 0.25) is 0 Å². The Morgan fingerprint density at radius 1 is 1.10 bits per heavy atom. The van der Waals surface area contributed by atoms with Gasteiger partial charge in [-0.25, -0.2) is 9.18 Å². The molecule has 104 valence electrons. The van der Waals surface area contributed by atoms with Crippen molar-refractivity contribution in [3.63, 3.8) is 0 Å². The van der Waals surface area contributed by atoms with Gasteiger partial charge in [0, 0.05) is 5.56 Å². The van der Waals surface area contributed by atoms with Gasteiger partial charge in [-0.05, 0) is 54.1 Å². The maximum absolute atomic E-state index is 12.9. The number of esters is 1. The number of hydrogen-bond acceptors (Lipinski definition) is 3. The van der Waals surface area contributed by atoms with Gasteiger partial charge in [0.1, 0.15) is 17.3 Å². The molecule has 4 heteroatoms. The number of phenols is 1. The zero-order chi connectivity index (χ0) is 14.8. The Kier molecular flexibility index (Phi) is 3.28. The first kappa shape index (κ1) is 13.1. The fourth-order valence-electron chi connectivity index (χ4n) is 2.04. The minimum Gasteiger partial charge on any atom is -0.508 e. The van der Waals surface area contributed by atoms with E-state index in [9.17, 15) is 14.3 Å². The maximum atomic E-state index is 12.9. The van der Waals surface area contributed by atoms with Crippen molar-refractivity contribution < 1.29 is 19.0 Å². The summed E-state index contributed by atoms with van der Waals surface area (Å²) in [4.78, 5) is 11.8. The molecule has 0 atom stereocenters. The third kappa shape index (κ3) is 2.84. The molecule has 0 saturated heterocycles. The number of hydrogen-bond donors (Lipinski definition) is 1. The first-order valence-corrected chi connectivity index (χ1v) is 6.32. The number of ether oxygens (including phenoxy) is 1. The predicted octanol–water partition coefficient (Wildman–Crippen LogP) is 3.51. The van der Waals surface area contributed by atoms with Crippen LogP contribution in [-0.2, 0) is 9.53 Å². The Morgan fingerprint density at radius 3 is 2.57 bits per heavy atom. The molecule has 3 nitrogen and oxygen atoms in total. The lowest BCUT2D eigenvalue weighted by Gasteiger charge is -2.00. The van der Waals surface area contributed by atoms with E-state index in [0.717, 1.165) is 0 Å². The van der Waals surface area contributed by atoms with E-state index in [1.165, 1.54) is 12.1 Å². The third-order valence-electron chi connectivity index (χ3n) is 3.05. The smallest absolute Gasteiger partial charge is 0.343 e. The largest absolute Gasteiger partial charge is 0.508 e. The summed E-state index contributed by atoms with van der Waals surface area (Å²) >= 11 is 0. The normalized spacial score (nSPS) is 16.0. The highest BCUT2D eigenvalue weighted by Crippen LogP contribution is 2.27. The van der Waals surface area contributed by atoms with Crippen LogP contribution < -0.4 is 0 Å². The van der Waals surface area contributed by atoms with Crippen LogP contribution in [0.3, 0.4) is 0 Å². The zero-order valence-corrected chi connectivity index (χ0v) is 10.9. The summed E-state index contributed by atoms with van der Waals surface area (Å²) in [5.41, 5.74) is 1.70. The quantitative estimate of drug-likeness (QED) is 0.677. The second kappa shape index (κ2) is 5.25. The van der Waals surface area contributed by atoms with Gasteiger partial charge >= 0.3 is 5.97 Å². The lowest BCUT2D eigenvalue weighted by molar-refractivity contribution is -0.130. The molecule has 0 radical (unpaired) electrons. The first-order valence-electron chi connectivity index (χ1n) is 6.32. The molecule has 1 heterocycles. The summed E-state index contributed by atoms with van der Waals surface area (Å²) in [6, 6.07) is 12.3. The van der Waals surface area contributed by atoms with Crippen LogP contribution in [0.4, 0.5) is 4.39 Å². The summed E-state index contributed by atoms with van der Waals surface area (Å²) in [5.74, 6) is -0.318. The molecule has 0 aliphatic carbocycles. The number of carbonyl (C=O) groups excluding carboxylic acids is 1. The molecule has 3 rings (SSSR count). The van der Waals surface area contributed by atoms with E-state index >= 15 is 0 Å². The van der Waals surface area contributed by atoms with Crippen molar-refractivity contribution in [2.45, 2.75) is 0 Å². The SMILES string of the molecule is O=C1OC(c2ccc(F)cc2)=C/C1=C/c1cccc(O)c1. The number of benzene rings is 2. The fourth-order valence-corrected chi connectivity index (χ4v) is 2.04. The van der Waals surface area contributed by atoms with Crippen molar-refractivity contribution in [1.82, 2.24) is 0 Å². The van der Waals surface area contributed by atoms with Crippen molar-refractivity contribution in [2.24, 2.45) is 0 Å². The Balaban J connectivity index is 1.93. The van der Waals surface area contributed by atoms with Crippen LogP contribution in [0, 0.1) is 5.82 Å². The highest BCUT2D eigenvalue weighted by molar-refractivity contribution is 6.05. The lowest BCUT2D eigenvalue weighted by atomic mass is 10.1. The Bertz CT molecular complexity index is 758. The number of cyclic esters (lactones) is 1. The second-order valence-electron chi connectivity index (χ2n) is 4.60. The summed E-state index contributed by atoms with van der Waals surface area (Å²) in [6.45, 7) is 0. The van der Waals surface area contributed by atoms with E-state index in [1.807, 2.05) is 0 Å². The van der Waals surface area contributed by atoms with E-state index in [2.05, 4.69) is 0 Å². The van der Waals surface area contributed by atoms with Crippen LogP contribution in [0.15, 0.2) is 60.2 Å². The van der Waals surface area contributed by atoms with Gasteiger partial charge < -0.3 is 9.84 Å². The van der Waals surface area contributed by atoms with Crippen molar-refractivity contribution in [1.29, 1.82) is 0 Å². The average molecular weight is 282 g/mol. The molecule has 0 amide bonds. The van der Waals surface area contributed by atoms with Gasteiger partial charge in [0.2, 0.25) is 0 Å². The third-order valence-corrected chi connectivity index (χ3v) is 3.05. The van der Waals surface area contributed by atoms with E-state index in [-0.39, 0.29) is 11.6 Å². The van der Waals surface area contributed by atoms with Crippen LogP contribution in [-0.4, -0.2) is 11.1 Å². The number of phenolic OH excluding ortho intramolecular Hbond substituents is 1. The minimum atomic E-state index is -0.474. The average Bonchev–Trinajstić information content (AvgIpc) is 2.81. The molecule has 0 fully saturated rings. The molecule has 0 spiro atoms. The Hall–Kier alpha value is -2.88. The highest BCUT2D eigenvalue weighted by Gasteiger charge is 2.21. The number of aromatic hydroxyl groups is 1. The topological polar surface area (TPSA) is 46.5 Å². The highest BCUT2D eigenvalue weighted by atomic mass is 19.1. The van der Waals surface area contributed by atoms with Crippen molar-refractivity contribution in [3.8, 4) is 5.75 Å². The van der Waals surface area contributed by atoms with Gasteiger partial charge in [-0.3, -0.25) is 0 Å². The minimum absolute atomic E-state index is 0.124. The number of halogens is 1. The lowest BCUT2D eigenvalue weighted by Crippen LogP contribution is -1.97. The van der Waals surface area contributed by atoms with E-state index in [1.54, 1.807) is 48.6 Å². The molecular formula is C17H11FO3.